The second kappa shape index (κ2) is 8.35. The Morgan fingerprint density at radius 3 is 2.61 bits per heavy atom. The molecule has 28 heavy (non-hydrogen) atoms. The summed E-state index contributed by atoms with van der Waals surface area (Å²) in [6.45, 7) is 3.15. The van der Waals surface area contributed by atoms with Crippen LogP contribution in [0.4, 0.5) is 5.69 Å². The first kappa shape index (κ1) is 19.0. The minimum absolute atomic E-state index is 0.114. The summed E-state index contributed by atoms with van der Waals surface area (Å²) in [5.74, 6) is 0.939. The van der Waals surface area contributed by atoms with E-state index in [4.69, 9.17) is 16.3 Å². The molecule has 0 radical (unpaired) electrons. The molecule has 0 aliphatic carbocycles. The number of nitrogens with one attached hydrogen (secondary N) is 1. The van der Waals surface area contributed by atoms with Crippen molar-refractivity contribution in [2.24, 2.45) is 0 Å². The van der Waals surface area contributed by atoms with Crippen LogP contribution in [0, 0.1) is 0 Å². The fourth-order valence-electron chi connectivity index (χ4n) is 3.50. The van der Waals surface area contributed by atoms with Crippen LogP contribution in [0.1, 0.15) is 17.4 Å². The van der Waals surface area contributed by atoms with E-state index in [2.05, 4.69) is 58.1 Å². The predicted octanol–water partition coefficient (Wildman–Crippen LogP) is 4.37. The Kier molecular flexibility index (Phi) is 5.67. The molecule has 1 atom stereocenters. The van der Waals surface area contributed by atoms with E-state index in [1.54, 1.807) is 0 Å². The molecule has 3 aromatic rings. The van der Waals surface area contributed by atoms with Crippen LogP contribution in [0.25, 0.3) is 11.3 Å². The number of benzene rings is 2. The third kappa shape index (κ3) is 4.22. The first-order chi connectivity index (χ1) is 13.6. The highest BCUT2D eigenvalue weighted by molar-refractivity contribution is 6.30. The van der Waals surface area contributed by atoms with Gasteiger partial charge in [-0.3, -0.25) is 4.90 Å². The van der Waals surface area contributed by atoms with Crippen molar-refractivity contribution in [2.75, 3.05) is 38.8 Å². The van der Waals surface area contributed by atoms with Crippen LogP contribution in [0.5, 0.6) is 0 Å². The standard InChI is InChI=1S/C22H25ClN4O/c1-26(2)19-9-3-16(4-10-19)14-27-11-12-28-15-21(27)22-24-13-20(25-22)17-5-7-18(23)8-6-17/h3-10,13,21H,11-12,14-15H2,1-2H3,(H,24,25)/t21-/m0/s1. The highest BCUT2D eigenvalue weighted by atomic mass is 35.5. The Labute approximate surface area is 170 Å². The van der Waals surface area contributed by atoms with Crippen LogP contribution >= 0.6 is 11.6 Å². The number of hydrogen-bond donors (Lipinski definition) is 1. The van der Waals surface area contributed by atoms with Crippen molar-refractivity contribution in [1.29, 1.82) is 0 Å². The molecule has 1 aromatic heterocycles. The normalized spacial score (nSPS) is 17.6. The van der Waals surface area contributed by atoms with Crippen molar-refractivity contribution in [3.05, 3.63) is 71.1 Å². The molecule has 1 aliphatic heterocycles. The summed E-state index contributed by atoms with van der Waals surface area (Å²) in [5, 5.41) is 0.732. The largest absolute Gasteiger partial charge is 0.378 e. The maximum absolute atomic E-state index is 6.00. The van der Waals surface area contributed by atoms with E-state index in [1.165, 1.54) is 11.3 Å². The van der Waals surface area contributed by atoms with Crippen molar-refractivity contribution >= 4 is 17.3 Å². The lowest BCUT2D eigenvalue weighted by molar-refractivity contribution is -0.0156. The maximum atomic E-state index is 6.00. The molecule has 0 saturated carbocycles. The summed E-state index contributed by atoms with van der Waals surface area (Å²) < 4.78 is 5.76. The molecule has 4 rings (SSSR count). The Balaban J connectivity index is 1.51. The van der Waals surface area contributed by atoms with Crippen LogP contribution in [0.15, 0.2) is 54.7 Å². The Hall–Kier alpha value is -2.34. The van der Waals surface area contributed by atoms with Gasteiger partial charge < -0.3 is 14.6 Å². The van der Waals surface area contributed by atoms with Gasteiger partial charge in [0.2, 0.25) is 0 Å². The lowest BCUT2D eigenvalue weighted by atomic mass is 10.1. The molecular weight excluding hydrogens is 372 g/mol. The number of aromatic amines is 1. The fraction of sp³-hybridized carbons (Fsp3) is 0.318. The Morgan fingerprint density at radius 1 is 1.14 bits per heavy atom. The number of anilines is 1. The molecule has 5 nitrogen and oxygen atoms in total. The third-order valence-corrected chi connectivity index (χ3v) is 5.40. The van der Waals surface area contributed by atoms with Gasteiger partial charge in [-0.05, 0) is 35.4 Å². The van der Waals surface area contributed by atoms with Crippen LogP contribution in [-0.4, -0.2) is 48.7 Å². The van der Waals surface area contributed by atoms with Gasteiger partial charge in [-0.15, -0.1) is 0 Å². The average Bonchev–Trinajstić information content (AvgIpc) is 3.19. The van der Waals surface area contributed by atoms with E-state index in [-0.39, 0.29) is 6.04 Å². The second-order valence-electron chi connectivity index (χ2n) is 7.31. The molecule has 1 N–H and O–H groups in total. The molecule has 0 spiro atoms. The SMILES string of the molecule is CN(C)c1ccc(CN2CCOC[C@H]2c2ncc(-c3ccc(Cl)cc3)[nH]2)cc1. The number of halogens is 1. The number of imidazole rings is 1. The smallest absolute Gasteiger partial charge is 0.126 e. The van der Waals surface area contributed by atoms with Crippen molar-refractivity contribution in [2.45, 2.75) is 12.6 Å². The lowest BCUT2D eigenvalue weighted by Gasteiger charge is -2.34. The minimum atomic E-state index is 0.114. The number of H-pyrrole nitrogens is 1. The zero-order valence-corrected chi connectivity index (χ0v) is 17.0. The monoisotopic (exact) mass is 396 g/mol. The maximum Gasteiger partial charge on any atom is 0.126 e. The number of rotatable bonds is 5. The number of ether oxygens (including phenoxy) is 1. The van der Waals surface area contributed by atoms with Gasteiger partial charge in [-0.2, -0.15) is 0 Å². The first-order valence-electron chi connectivity index (χ1n) is 9.49. The lowest BCUT2D eigenvalue weighted by Crippen LogP contribution is -2.39. The molecule has 0 amide bonds. The summed E-state index contributed by atoms with van der Waals surface area (Å²) >= 11 is 6.00. The van der Waals surface area contributed by atoms with Gasteiger partial charge >= 0.3 is 0 Å². The van der Waals surface area contributed by atoms with Gasteiger partial charge in [0.25, 0.3) is 0 Å². The molecule has 0 unspecified atom stereocenters. The van der Waals surface area contributed by atoms with Gasteiger partial charge in [0.15, 0.2) is 0 Å². The number of morpholine rings is 1. The fourth-order valence-corrected chi connectivity index (χ4v) is 3.62. The molecular formula is C22H25ClN4O. The third-order valence-electron chi connectivity index (χ3n) is 5.14. The quantitative estimate of drug-likeness (QED) is 0.695. The molecule has 146 valence electrons. The van der Waals surface area contributed by atoms with Crippen molar-refractivity contribution < 1.29 is 4.74 Å². The number of aromatic nitrogens is 2. The summed E-state index contributed by atoms with van der Waals surface area (Å²) in [5.41, 5.74) is 4.57. The topological polar surface area (TPSA) is 44.4 Å². The summed E-state index contributed by atoms with van der Waals surface area (Å²) in [7, 11) is 4.12. The van der Waals surface area contributed by atoms with E-state index in [1.807, 2.05) is 30.5 Å². The van der Waals surface area contributed by atoms with Crippen molar-refractivity contribution in [3.8, 4) is 11.3 Å². The molecule has 1 aliphatic rings. The highest BCUT2D eigenvalue weighted by Gasteiger charge is 2.27. The van der Waals surface area contributed by atoms with Crippen LogP contribution < -0.4 is 4.90 Å². The van der Waals surface area contributed by atoms with E-state index < -0.39 is 0 Å². The average molecular weight is 397 g/mol. The molecule has 2 heterocycles. The zero-order chi connectivity index (χ0) is 19.5. The van der Waals surface area contributed by atoms with E-state index in [0.29, 0.717) is 6.61 Å². The molecule has 6 heteroatoms. The zero-order valence-electron chi connectivity index (χ0n) is 16.2. The summed E-state index contributed by atoms with van der Waals surface area (Å²) in [4.78, 5) is 12.7. The van der Waals surface area contributed by atoms with Crippen LogP contribution in [0.3, 0.4) is 0 Å². The van der Waals surface area contributed by atoms with E-state index in [9.17, 15) is 0 Å². The highest BCUT2D eigenvalue weighted by Crippen LogP contribution is 2.27. The molecule has 2 aromatic carbocycles. The number of nitrogens with zero attached hydrogens (tertiary/aromatic N) is 3. The van der Waals surface area contributed by atoms with Gasteiger partial charge in [0.1, 0.15) is 5.82 Å². The molecule has 1 fully saturated rings. The Bertz CT molecular complexity index is 905. The van der Waals surface area contributed by atoms with Gasteiger partial charge in [0, 0.05) is 37.9 Å². The van der Waals surface area contributed by atoms with Crippen molar-refractivity contribution in [3.63, 3.8) is 0 Å². The summed E-state index contributed by atoms with van der Waals surface area (Å²) in [6, 6.07) is 16.6. The van der Waals surface area contributed by atoms with E-state index in [0.717, 1.165) is 41.8 Å². The van der Waals surface area contributed by atoms with Crippen molar-refractivity contribution in [1.82, 2.24) is 14.9 Å². The summed E-state index contributed by atoms with van der Waals surface area (Å²) in [6.07, 6.45) is 1.89. The minimum Gasteiger partial charge on any atom is -0.378 e. The molecule has 0 bridgehead atoms. The van der Waals surface area contributed by atoms with Gasteiger partial charge in [-0.25, -0.2) is 4.98 Å². The van der Waals surface area contributed by atoms with Crippen LogP contribution in [0.2, 0.25) is 5.02 Å². The first-order valence-corrected chi connectivity index (χ1v) is 9.87. The van der Waals surface area contributed by atoms with Gasteiger partial charge in [-0.1, -0.05) is 35.9 Å². The van der Waals surface area contributed by atoms with Crippen LogP contribution in [-0.2, 0) is 11.3 Å². The Morgan fingerprint density at radius 2 is 1.89 bits per heavy atom. The predicted molar refractivity (Wildman–Crippen MR) is 114 cm³/mol. The van der Waals surface area contributed by atoms with Gasteiger partial charge in [0.05, 0.1) is 31.1 Å². The molecule has 1 saturated heterocycles. The number of hydrogen-bond acceptors (Lipinski definition) is 4. The van der Waals surface area contributed by atoms with E-state index >= 15 is 0 Å². The second-order valence-corrected chi connectivity index (χ2v) is 7.75.